The van der Waals surface area contributed by atoms with Crippen LogP contribution in [-0.2, 0) is 19.1 Å². The first-order valence-corrected chi connectivity index (χ1v) is 13.2. The summed E-state index contributed by atoms with van der Waals surface area (Å²) in [5, 5.41) is 27.5. The van der Waals surface area contributed by atoms with Crippen molar-refractivity contribution in [2.75, 3.05) is 0 Å². The summed E-state index contributed by atoms with van der Waals surface area (Å²) in [6.07, 6.45) is 2.47. The molecule has 1 fully saturated rings. The van der Waals surface area contributed by atoms with Gasteiger partial charge in [0.1, 0.15) is 11.4 Å². The van der Waals surface area contributed by atoms with Crippen LogP contribution in [0.3, 0.4) is 0 Å². The zero-order valence-electron chi connectivity index (χ0n) is 22.1. The summed E-state index contributed by atoms with van der Waals surface area (Å²) in [4.78, 5) is 43.5. The molecule has 0 unspecified atom stereocenters. The standard InChI is InChI=1S/C27H38N2O6S/c1-14(10-18-13-36-17(4)28-18)19-11-22-27(7,35-22)9-8-20(30)15(2)24(33)16(3)25(34)26(5,6)21(31)12-23(32)29-19/h8-10,13,15-16,19,21-22,24,31,33H,11-12H2,1-7H3,(H,29,32)/b9-8-,14-10?/t15-,16+,19-,21-,22-,24-,27+/m0/s1. The van der Waals surface area contributed by atoms with E-state index >= 15 is 0 Å². The minimum Gasteiger partial charge on any atom is -0.392 e. The number of aliphatic hydroxyl groups excluding tert-OH is 2. The first-order chi connectivity index (χ1) is 16.7. The molecule has 198 valence electrons. The molecule has 8 nitrogen and oxygen atoms in total. The Hall–Kier alpha value is -2.20. The van der Waals surface area contributed by atoms with Gasteiger partial charge in [0.05, 0.1) is 46.9 Å². The average molecular weight is 519 g/mol. The highest BCUT2D eigenvalue weighted by Crippen LogP contribution is 2.41. The number of hydrogen-bond acceptors (Lipinski definition) is 8. The normalized spacial score (nSPS) is 37.2. The van der Waals surface area contributed by atoms with Crippen molar-refractivity contribution in [3.63, 3.8) is 0 Å². The number of carbonyl (C=O) groups excluding carboxylic acids is 3. The van der Waals surface area contributed by atoms with E-state index in [2.05, 4.69) is 10.3 Å². The molecule has 0 radical (unpaired) electrons. The molecule has 2 aliphatic heterocycles. The van der Waals surface area contributed by atoms with Gasteiger partial charge >= 0.3 is 0 Å². The Labute approximate surface area is 216 Å². The van der Waals surface area contributed by atoms with Crippen LogP contribution in [0.4, 0.5) is 0 Å². The Morgan fingerprint density at radius 3 is 2.47 bits per heavy atom. The van der Waals surface area contributed by atoms with Gasteiger partial charge in [-0.05, 0) is 44.6 Å². The van der Waals surface area contributed by atoms with Crippen LogP contribution in [0.1, 0.15) is 65.1 Å². The molecule has 1 saturated heterocycles. The fraction of sp³-hybridized carbons (Fsp3) is 0.630. The van der Waals surface area contributed by atoms with Crippen LogP contribution in [0, 0.1) is 24.2 Å². The minimum atomic E-state index is -1.30. The number of nitrogens with one attached hydrogen (secondary N) is 1. The van der Waals surface area contributed by atoms with Crippen LogP contribution in [0.2, 0.25) is 0 Å². The molecule has 0 spiro atoms. The number of Topliss-reactive ketones (excluding diaryl/α,β-unsaturated/α-hetero) is 1. The molecule has 3 heterocycles. The lowest BCUT2D eigenvalue weighted by atomic mass is 9.73. The van der Waals surface area contributed by atoms with E-state index in [1.807, 2.05) is 32.2 Å². The SMILES string of the molecule is CC(=Cc1csc(C)n1)[C@@H]1C[C@@H]2O[C@]2(C)/C=C\C(=O)[C@H](C)[C@H](O)[C@@H](C)C(=O)C(C)(C)[C@@H](O)CC(=O)N1. The van der Waals surface area contributed by atoms with Crippen molar-refractivity contribution in [1.29, 1.82) is 0 Å². The maximum Gasteiger partial charge on any atom is 0.223 e. The molecule has 3 N–H and O–H groups in total. The highest BCUT2D eigenvalue weighted by molar-refractivity contribution is 7.09. The predicted molar refractivity (Wildman–Crippen MR) is 138 cm³/mol. The summed E-state index contributed by atoms with van der Waals surface area (Å²) in [7, 11) is 0. The molecule has 2 aliphatic rings. The number of aliphatic hydroxyl groups is 2. The monoisotopic (exact) mass is 518 g/mol. The van der Waals surface area contributed by atoms with E-state index in [9.17, 15) is 24.6 Å². The Bertz CT molecular complexity index is 1080. The van der Waals surface area contributed by atoms with Gasteiger partial charge < -0.3 is 20.3 Å². The van der Waals surface area contributed by atoms with E-state index in [1.54, 1.807) is 33.8 Å². The van der Waals surface area contributed by atoms with Crippen LogP contribution in [0.25, 0.3) is 6.08 Å². The second-order valence-electron chi connectivity index (χ2n) is 10.9. The number of fused-ring (bicyclic) bond motifs is 1. The third-order valence-electron chi connectivity index (χ3n) is 7.64. The van der Waals surface area contributed by atoms with Gasteiger partial charge in [0.2, 0.25) is 5.91 Å². The Morgan fingerprint density at radius 2 is 1.86 bits per heavy atom. The number of thiazole rings is 1. The zero-order valence-corrected chi connectivity index (χ0v) is 22.9. The Kier molecular flexibility index (Phi) is 8.40. The number of allylic oxidation sites excluding steroid dienone is 1. The molecule has 7 atom stereocenters. The summed E-state index contributed by atoms with van der Waals surface area (Å²) in [5.74, 6) is -2.82. The first kappa shape index (κ1) is 28.4. The van der Waals surface area contributed by atoms with E-state index in [0.717, 1.165) is 16.3 Å². The lowest BCUT2D eigenvalue weighted by Crippen LogP contribution is -2.48. The van der Waals surface area contributed by atoms with Crippen molar-refractivity contribution in [2.24, 2.45) is 17.3 Å². The van der Waals surface area contributed by atoms with Crippen LogP contribution in [-0.4, -0.2) is 62.6 Å². The number of hydrogen-bond donors (Lipinski definition) is 3. The number of rotatable bonds is 2. The maximum absolute atomic E-state index is 13.2. The highest BCUT2D eigenvalue weighted by atomic mass is 32.1. The van der Waals surface area contributed by atoms with E-state index in [0.29, 0.717) is 6.42 Å². The molecule has 0 aromatic carbocycles. The quantitative estimate of drug-likeness (QED) is 0.513. The third-order valence-corrected chi connectivity index (χ3v) is 8.43. The first-order valence-electron chi connectivity index (χ1n) is 12.4. The lowest BCUT2D eigenvalue weighted by molar-refractivity contribution is -0.143. The van der Waals surface area contributed by atoms with Crippen LogP contribution in [0.5, 0.6) is 0 Å². The van der Waals surface area contributed by atoms with Crippen molar-refractivity contribution < 1.29 is 29.3 Å². The van der Waals surface area contributed by atoms with E-state index in [4.69, 9.17) is 4.74 Å². The number of aryl methyl sites for hydroxylation is 1. The van der Waals surface area contributed by atoms with Gasteiger partial charge in [-0.2, -0.15) is 0 Å². The number of amides is 1. The van der Waals surface area contributed by atoms with Gasteiger partial charge in [0, 0.05) is 23.6 Å². The van der Waals surface area contributed by atoms with E-state index in [1.165, 1.54) is 17.4 Å². The molecule has 0 saturated carbocycles. The van der Waals surface area contributed by atoms with Gasteiger partial charge in [0.25, 0.3) is 0 Å². The molecule has 1 amide bonds. The van der Waals surface area contributed by atoms with Gasteiger partial charge in [-0.1, -0.05) is 27.7 Å². The van der Waals surface area contributed by atoms with Crippen molar-refractivity contribution >= 4 is 34.9 Å². The fourth-order valence-corrected chi connectivity index (χ4v) is 5.22. The highest BCUT2D eigenvalue weighted by Gasteiger charge is 2.51. The third kappa shape index (κ3) is 6.19. The summed E-state index contributed by atoms with van der Waals surface area (Å²) in [6, 6.07) is -0.394. The fourth-order valence-electron chi connectivity index (χ4n) is 4.65. The summed E-state index contributed by atoms with van der Waals surface area (Å²) in [5.41, 5.74) is -0.303. The average Bonchev–Trinajstić information content (AvgIpc) is 3.26. The number of aromatic nitrogens is 1. The minimum absolute atomic E-state index is 0.234. The second-order valence-corrected chi connectivity index (χ2v) is 12.0. The molecule has 1 aromatic rings. The van der Waals surface area contributed by atoms with Gasteiger partial charge in [0.15, 0.2) is 5.78 Å². The summed E-state index contributed by atoms with van der Waals surface area (Å²) < 4.78 is 5.91. The number of ether oxygens (including phenoxy) is 1. The topological polar surface area (TPSA) is 129 Å². The Balaban J connectivity index is 1.94. The van der Waals surface area contributed by atoms with Gasteiger partial charge in [-0.15, -0.1) is 11.3 Å². The van der Waals surface area contributed by atoms with E-state index in [-0.39, 0.29) is 18.3 Å². The van der Waals surface area contributed by atoms with Crippen LogP contribution in [0.15, 0.2) is 23.1 Å². The van der Waals surface area contributed by atoms with Crippen LogP contribution < -0.4 is 5.32 Å². The lowest BCUT2D eigenvalue weighted by Gasteiger charge is -2.34. The number of nitrogens with zero attached hydrogens (tertiary/aromatic N) is 1. The number of ketones is 2. The number of epoxide rings is 1. The molecule has 0 aliphatic carbocycles. The smallest absolute Gasteiger partial charge is 0.223 e. The largest absolute Gasteiger partial charge is 0.392 e. The molecule has 3 rings (SSSR count). The van der Waals surface area contributed by atoms with Crippen molar-refractivity contribution in [1.82, 2.24) is 10.3 Å². The molecule has 0 bridgehead atoms. The molecule has 9 heteroatoms. The predicted octanol–water partition coefficient (Wildman–Crippen LogP) is 3.01. The second kappa shape index (κ2) is 10.7. The van der Waals surface area contributed by atoms with Crippen LogP contribution >= 0.6 is 11.3 Å². The number of carbonyl (C=O) groups is 3. The van der Waals surface area contributed by atoms with Crippen molar-refractivity contribution in [2.45, 2.75) is 91.3 Å². The molecular formula is C27H38N2O6S. The van der Waals surface area contributed by atoms with Gasteiger partial charge in [-0.3, -0.25) is 14.4 Å². The summed E-state index contributed by atoms with van der Waals surface area (Å²) in [6.45, 7) is 11.9. The van der Waals surface area contributed by atoms with Crippen molar-refractivity contribution in [3.8, 4) is 0 Å². The molecule has 1 aromatic heterocycles. The Morgan fingerprint density at radius 1 is 1.19 bits per heavy atom. The van der Waals surface area contributed by atoms with Crippen molar-refractivity contribution in [3.05, 3.63) is 33.8 Å². The zero-order chi connectivity index (χ0) is 27.0. The molecule has 36 heavy (non-hydrogen) atoms. The van der Waals surface area contributed by atoms with E-state index < -0.39 is 52.8 Å². The maximum atomic E-state index is 13.2. The summed E-state index contributed by atoms with van der Waals surface area (Å²) >= 11 is 1.54. The molecular weight excluding hydrogens is 480 g/mol. The van der Waals surface area contributed by atoms with Gasteiger partial charge in [-0.25, -0.2) is 4.98 Å².